The first kappa shape index (κ1) is 11.5. The smallest absolute Gasteiger partial charge is 0.395 e. The number of nitrogen functional groups attached to an aromatic ring is 1. The number of aryl methyl sites for hydroxylation is 1. The molecular weight excluding hydrogens is 231 g/mol. The van der Waals surface area contributed by atoms with Gasteiger partial charge in [-0.2, -0.15) is 18.3 Å². The number of hydrogen-bond donors (Lipinski definition) is 1. The number of nitrogens with two attached hydrogens (primary N) is 1. The van der Waals surface area contributed by atoms with Gasteiger partial charge in [0.25, 0.3) is 0 Å². The molecular formula is C11H10F3N3. The summed E-state index contributed by atoms with van der Waals surface area (Å²) >= 11 is 0. The fourth-order valence-electron chi connectivity index (χ4n) is 1.57. The van der Waals surface area contributed by atoms with E-state index >= 15 is 0 Å². The first-order valence-corrected chi connectivity index (χ1v) is 4.89. The Morgan fingerprint density at radius 3 is 2.29 bits per heavy atom. The summed E-state index contributed by atoms with van der Waals surface area (Å²) in [5.74, 6) is 0. The quantitative estimate of drug-likeness (QED) is 0.834. The minimum Gasteiger partial charge on any atom is -0.395 e. The summed E-state index contributed by atoms with van der Waals surface area (Å²) in [6.07, 6.45) is -4.53. The van der Waals surface area contributed by atoms with Crippen LogP contribution in [0.3, 0.4) is 0 Å². The van der Waals surface area contributed by atoms with Crippen LogP contribution in [0.4, 0.5) is 18.9 Å². The SMILES string of the molecule is Cc1nn(-c2ccccc2)c(C(F)(F)F)c1N. The lowest BCUT2D eigenvalue weighted by Gasteiger charge is -2.10. The third-order valence-corrected chi connectivity index (χ3v) is 2.38. The maximum Gasteiger partial charge on any atom is 0.435 e. The van der Waals surface area contributed by atoms with Crippen LogP contribution in [0.5, 0.6) is 0 Å². The average Bonchev–Trinajstić information content (AvgIpc) is 2.56. The molecule has 0 unspecified atom stereocenters. The van der Waals surface area contributed by atoms with E-state index in [9.17, 15) is 13.2 Å². The number of alkyl halides is 3. The van der Waals surface area contributed by atoms with Gasteiger partial charge in [0.15, 0.2) is 5.69 Å². The lowest BCUT2D eigenvalue weighted by Crippen LogP contribution is -2.15. The fourth-order valence-corrected chi connectivity index (χ4v) is 1.57. The molecule has 17 heavy (non-hydrogen) atoms. The van der Waals surface area contributed by atoms with Crippen molar-refractivity contribution in [2.24, 2.45) is 0 Å². The van der Waals surface area contributed by atoms with Gasteiger partial charge < -0.3 is 5.73 Å². The molecule has 0 amide bonds. The molecule has 0 fully saturated rings. The highest BCUT2D eigenvalue weighted by Gasteiger charge is 2.39. The third kappa shape index (κ3) is 1.98. The molecule has 0 aliphatic heterocycles. The molecule has 1 aromatic carbocycles. The summed E-state index contributed by atoms with van der Waals surface area (Å²) < 4.78 is 39.4. The molecule has 6 heteroatoms. The molecule has 0 saturated carbocycles. The van der Waals surface area contributed by atoms with Gasteiger partial charge in [0.1, 0.15) is 0 Å². The largest absolute Gasteiger partial charge is 0.435 e. The van der Waals surface area contributed by atoms with Crippen molar-refractivity contribution >= 4 is 5.69 Å². The van der Waals surface area contributed by atoms with Crippen LogP contribution in [0.15, 0.2) is 30.3 Å². The van der Waals surface area contributed by atoms with E-state index in [1.165, 1.54) is 6.92 Å². The summed E-state index contributed by atoms with van der Waals surface area (Å²) in [6.45, 7) is 1.45. The lowest BCUT2D eigenvalue weighted by atomic mass is 10.2. The van der Waals surface area contributed by atoms with Crippen molar-refractivity contribution in [2.75, 3.05) is 5.73 Å². The summed E-state index contributed by atoms with van der Waals surface area (Å²) in [4.78, 5) is 0. The second kappa shape index (κ2) is 3.80. The Morgan fingerprint density at radius 2 is 1.76 bits per heavy atom. The van der Waals surface area contributed by atoms with Crippen molar-refractivity contribution in [2.45, 2.75) is 13.1 Å². The zero-order chi connectivity index (χ0) is 12.6. The maximum absolute atomic E-state index is 12.9. The fraction of sp³-hybridized carbons (Fsp3) is 0.182. The second-order valence-electron chi connectivity index (χ2n) is 3.59. The van der Waals surface area contributed by atoms with Crippen LogP contribution in [0.2, 0.25) is 0 Å². The molecule has 0 bridgehead atoms. The van der Waals surface area contributed by atoms with Gasteiger partial charge in [0, 0.05) is 0 Å². The van der Waals surface area contributed by atoms with Crippen LogP contribution in [0.25, 0.3) is 5.69 Å². The molecule has 0 atom stereocenters. The van der Waals surface area contributed by atoms with Crippen LogP contribution >= 0.6 is 0 Å². The van der Waals surface area contributed by atoms with Crippen molar-refractivity contribution in [3.8, 4) is 5.69 Å². The standard InChI is InChI=1S/C11H10F3N3/c1-7-9(15)10(11(12,13)14)17(16-7)8-5-3-2-4-6-8/h2-6H,15H2,1H3. The number of rotatable bonds is 1. The summed E-state index contributed by atoms with van der Waals surface area (Å²) in [6, 6.07) is 8.09. The molecule has 1 heterocycles. The second-order valence-corrected chi connectivity index (χ2v) is 3.59. The van der Waals surface area contributed by atoms with Gasteiger partial charge in [0.2, 0.25) is 0 Å². The number of nitrogens with zero attached hydrogens (tertiary/aromatic N) is 2. The van der Waals surface area contributed by atoms with Crippen LogP contribution in [-0.2, 0) is 6.18 Å². The Labute approximate surface area is 95.7 Å². The number of hydrogen-bond acceptors (Lipinski definition) is 2. The van der Waals surface area contributed by atoms with Gasteiger partial charge in [-0.25, -0.2) is 4.68 Å². The Kier molecular flexibility index (Phi) is 2.57. The van der Waals surface area contributed by atoms with Crippen molar-refractivity contribution in [1.29, 1.82) is 0 Å². The normalized spacial score (nSPS) is 11.8. The highest BCUT2D eigenvalue weighted by atomic mass is 19.4. The highest BCUT2D eigenvalue weighted by Crippen LogP contribution is 2.36. The van der Waals surface area contributed by atoms with Crippen LogP contribution < -0.4 is 5.73 Å². The van der Waals surface area contributed by atoms with Crippen LogP contribution in [0, 0.1) is 6.92 Å². The van der Waals surface area contributed by atoms with Gasteiger partial charge in [-0.05, 0) is 19.1 Å². The molecule has 0 aliphatic carbocycles. The number of anilines is 1. The van der Waals surface area contributed by atoms with E-state index in [4.69, 9.17) is 5.73 Å². The van der Waals surface area contributed by atoms with E-state index in [0.717, 1.165) is 4.68 Å². The van der Waals surface area contributed by atoms with E-state index in [-0.39, 0.29) is 11.4 Å². The predicted octanol–water partition coefficient (Wildman–Crippen LogP) is 2.78. The number of para-hydroxylation sites is 1. The minimum absolute atomic E-state index is 0.168. The molecule has 2 aromatic rings. The van der Waals surface area contributed by atoms with Gasteiger partial charge in [-0.15, -0.1) is 0 Å². The molecule has 0 saturated heterocycles. The van der Waals surface area contributed by atoms with Gasteiger partial charge in [0.05, 0.1) is 17.1 Å². The molecule has 0 spiro atoms. The molecule has 1 aromatic heterocycles. The lowest BCUT2D eigenvalue weighted by molar-refractivity contribution is -0.142. The highest BCUT2D eigenvalue weighted by molar-refractivity contribution is 5.52. The first-order chi connectivity index (χ1) is 7.91. The topological polar surface area (TPSA) is 43.8 Å². The molecule has 2 N–H and O–H groups in total. The molecule has 3 nitrogen and oxygen atoms in total. The van der Waals surface area contributed by atoms with E-state index in [1.807, 2.05) is 0 Å². The zero-order valence-corrected chi connectivity index (χ0v) is 8.99. The number of benzene rings is 1. The Hall–Kier alpha value is -1.98. The van der Waals surface area contributed by atoms with Crippen molar-refractivity contribution in [3.05, 3.63) is 41.7 Å². The zero-order valence-electron chi connectivity index (χ0n) is 8.99. The number of aromatic nitrogens is 2. The van der Waals surface area contributed by atoms with Crippen molar-refractivity contribution in [3.63, 3.8) is 0 Å². The van der Waals surface area contributed by atoms with E-state index in [2.05, 4.69) is 5.10 Å². The maximum atomic E-state index is 12.9. The third-order valence-electron chi connectivity index (χ3n) is 2.38. The van der Waals surface area contributed by atoms with Crippen LogP contribution in [0.1, 0.15) is 11.4 Å². The Bertz CT molecular complexity index is 529. The van der Waals surface area contributed by atoms with Crippen molar-refractivity contribution in [1.82, 2.24) is 9.78 Å². The molecule has 0 aliphatic rings. The molecule has 90 valence electrons. The van der Waals surface area contributed by atoms with E-state index < -0.39 is 11.9 Å². The summed E-state index contributed by atoms with van der Waals surface area (Å²) in [7, 11) is 0. The average molecular weight is 241 g/mol. The van der Waals surface area contributed by atoms with Gasteiger partial charge >= 0.3 is 6.18 Å². The summed E-state index contributed by atoms with van der Waals surface area (Å²) in [5.41, 5.74) is 4.66. The van der Waals surface area contributed by atoms with Crippen LogP contribution in [-0.4, -0.2) is 9.78 Å². The Morgan fingerprint density at radius 1 is 1.18 bits per heavy atom. The Balaban J connectivity index is 2.67. The van der Waals surface area contributed by atoms with Crippen molar-refractivity contribution < 1.29 is 13.2 Å². The van der Waals surface area contributed by atoms with E-state index in [0.29, 0.717) is 5.69 Å². The minimum atomic E-state index is -4.53. The predicted molar refractivity (Wildman–Crippen MR) is 57.7 cm³/mol. The molecule has 2 rings (SSSR count). The molecule has 0 radical (unpaired) electrons. The van der Waals surface area contributed by atoms with E-state index in [1.54, 1.807) is 30.3 Å². The monoisotopic (exact) mass is 241 g/mol. The number of halogens is 3. The summed E-state index contributed by atoms with van der Waals surface area (Å²) in [5, 5.41) is 3.82. The first-order valence-electron chi connectivity index (χ1n) is 4.89. The van der Waals surface area contributed by atoms with Gasteiger partial charge in [-0.3, -0.25) is 0 Å². The van der Waals surface area contributed by atoms with Gasteiger partial charge in [-0.1, -0.05) is 18.2 Å².